The molecule has 0 bridgehead atoms. The zero-order chi connectivity index (χ0) is 18.1. The molecule has 1 aliphatic carbocycles. The molecular formula is C19H25N5O2. The number of nitrogens with one attached hydrogen (secondary N) is 2. The van der Waals surface area contributed by atoms with Crippen molar-refractivity contribution in [2.75, 3.05) is 33.2 Å². The first-order valence-corrected chi connectivity index (χ1v) is 9.34. The Bertz CT molecular complexity index is 708. The van der Waals surface area contributed by atoms with Gasteiger partial charge in [0.05, 0.1) is 11.1 Å². The predicted octanol–water partition coefficient (Wildman–Crippen LogP) is 0.684. The third-order valence-electron chi connectivity index (χ3n) is 5.35. The summed E-state index contributed by atoms with van der Waals surface area (Å²) in [7, 11) is 1.74. The van der Waals surface area contributed by atoms with Gasteiger partial charge in [0, 0.05) is 45.3 Å². The van der Waals surface area contributed by atoms with Crippen LogP contribution >= 0.6 is 0 Å². The van der Waals surface area contributed by atoms with Crippen LogP contribution < -0.4 is 10.6 Å². The zero-order valence-electron chi connectivity index (χ0n) is 15.1. The minimum Gasteiger partial charge on any atom is -0.355 e. The van der Waals surface area contributed by atoms with Crippen molar-refractivity contribution in [2.24, 2.45) is 4.99 Å². The molecule has 138 valence electrons. The van der Waals surface area contributed by atoms with Gasteiger partial charge in [-0.05, 0) is 31.4 Å². The van der Waals surface area contributed by atoms with E-state index in [2.05, 4.69) is 20.5 Å². The van der Waals surface area contributed by atoms with Gasteiger partial charge in [-0.25, -0.2) is 0 Å². The highest BCUT2D eigenvalue weighted by molar-refractivity contribution is 6.21. The maximum absolute atomic E-state index is 12.4. The van der Waals surface area contributed by atoms with Crippen molar-refractivity contribution in [1.82, 2.24) is 20.4 Å². The standard InChI is InChI=1S/C19H25N5O2/c1-20-19(22-13-8-10-23(12-13)14-6-7-14)21-9-11-24-17(25)15-4-2-3-5-16(15)18(24)26/h2-5,13-14H,6-12H2,1H3,(H2,20,21,22). The number of likely N-dealkylation sites (tertiary alicyclic amines) is 1. The Balaban J connectivity index is 1.26. The van der Waals surface area contributed by atoms with Gasteiger partial charge < -0.3 is 10.6 Å². The van der Waals surface area contributed by atoms with E-state index in [1.165, 1.54) is 17.7 Å². The minimum atomic E-state index is -0.216. The van der Waals surface area contributed by atoms with Crippen molar-refractivity contribution in [3.05, 3.63) is 35.4 Å². The number of carbonyl (C=O) groups excluding carboxylic acids is 2. The number of hydrogen-bond donors (Lipinski definition) is 2. The molecule has 26 heavy (non-hydrogen) atoms. The van der Waals surface area contributed by atoms with Gasteiger partial charge in [-0.2, -0.15) is 0 Å². The summed E-state index contributed by atoms with van der Waals surface area (Å²) in [5.41, 5.74) is 0.984. The highest BCUT2D eigenvalue weighted by Crippen LogP contribution is 2.29. The summed E-state index contributed by atoms with van der Waals surface area (Å²) >= 11 is 0. The minimum absolute atomic E-state index is 0.216. The molecule has 0 radical (unpaired) electrons. The van der Waals surface area contributed by atoms with Crippen LogP contribution in [0.15, 0.2) is 29.3 Å². The highest BCUT2D eigenvalue weighted by atomic mass is 16.2. The lowest BCUT2D eigenvalue weighted by atomic mass is 10.1. The fourth-order valence-corrected chi connectivity index (χ4v) is 3.79. The van der Waals surface area contributed by atoms with E-state index in [-0.39, 0.29) is 11.8 Å². The van der Waals surface area contributed by atoms with Crippen LogP contribution in [0.25, 0.3) is 0 Å². The number of fused-ring (bicyclic) bond motifs is 1. The Hall–Kier alpha value is -2.41. The monoisotopic (exact) mass is 355 g/mol. The van der Waals surface area contributed by atoms with Gasteiger partial charge >= 0.3 is 0 Å². The summed E-state index contributed by atoms with van der Waals surface area (Å²) in [5.74, 6) is 0.293. The molecule has 1 unspecified atom stereocenters. The van der Waals surface area contributed by atoms with E-state index < -0.39 is 0 Å². The Labute approximate surface area is 153 Å². The molecule has 2 N–H and O–H groups in total. The zero-order valence-corrected chi connectivity index (χ0v) is 15.1. The van der Waals surface area contributed by atoms with Gasteiger partial charge in [0.15, 0.2) is 5.96 Å². The predicted molar refractivity (Wildman–Crippen MR) is 99.3 cm³/mol. The second-order valence-corrected chi connectivity index (χ2v) is 7.16. The smallest absolute Gasteiger partial charge is 0.261 e. The van der Waals surface area contributed by atoms with Crippen LogP contribution in [0.5, 0.6) is 0 Å². The third-order valence-corrected chi connectivity index (χ3v) is 5.35. The Morgan fingerprint density at radius 2 is 1.85 bits per heavy atom. The second kappa shape index (κ2) is 7.07. The van der Waals surface area contributed by atoms with E-state index in [0.717, 1.165) is 31.5 Å². The first-order chi connectivity index (χ1) is 12.7. The molecule has 1 saturated heterocycles. The summed E-state index contributed by atoms with van der Waals surface area (Å²) in [6.07, 6.45) is 3.79. The fourth-order valence-electron chi connectivity index (χ4n) is 3.79. The molecule has 2 fully saturated rings. The van der Waals surface area contributed by atoms with Gasteiger partial charge in [-0.15, -0.1) is 0 Å². The molecule has 3 aliphatic rings. The van der Waals surface area contributed by atoms with Crippen LogP contribution in [0, 0.1) is 0 Å². The van der Waals surface area contributed by atoms with E-state index >= 15 is 0 Å². The average Bonchev–Trinajstić information content (AvgIpc) is 3.37. The molecule has 1 atom stereocenters. The van der Waals surface area contributed by atoms with E-state index in [1.807, 2.05) is 0 Å². The first-order valence-electron chi connectivity index (χ1n) is 9.34. The molecule has 1 aromatic rings. The quantitative estimate of drug-likeness (QED) is 0.462. The summed E-state index contributed by atoms with van der Waals surface area (Å²) in [4.78, 5) is 32.8. The maximum Gasteiger partial charge on any atom is 0.261 e. The summed E-state index contributed by atoms with van der Waals surface area (Å²) in [6, 6.07) is 8.17. The Kier molecular flexibility index (Phi) is 4.63. The number of guanidine groups is 1. The largest absolute Gasteiger partial charge is 0.355 e. The molecule has 2 amide bonds. The molecule has 0 aromatic heterocycles. The number of hydrogen-bond acceptors (Lipinski definition) is 4. The molecule has 7 heteroatoms. The number of amides is 2. The van der Waals surface area contributed by atoms with Crippen molar-refractivity contribution in [1.29, 1.82) is 0 Å². The lowest BCUT2D eigenvalue weighted by Crippen LogP contribution is -2.47. The number of benzene rings is 1. The number of carbonyl (C=O) groups is 2. The maximum atomic E-state index is 12.4. The first kappa shape index (κ1) is 17.0. The van der Waals surface area contributed by atoms with Crippen LogP contribution in [-0.2, 0) is 0 Å². The summed E-state index contributed by atoms with van der Waals surface area (Å²) in [6.45, 7) is 3.01. The lowest BCUT2D eigenvalue weighted by Gasteiger charge is -2.20. The van der Waals surface area contributed by atoms with Crippen LogP contribution in [-0.4, -0.2) is 72.9 Å². The van der Waals surface area contributed by atoms with Gasteiger partial charge in [0.25, 0.3) is 11.8 Å². The number of aliphatic imine (C=N–C) groups is 1. The SMILES string of the molecule is CN=C(NCCN1C(=O)c2ccccc2C1=O)NC1CCN(C2CC2)C1. The molecular weight excluding hydrogens is 330 g/mol. The number of rotatable bonds is 5. The molecule has 2 heterocycles. The molecule has 1 aromatic carbocycles. The van der Waals surface area contributed by atoms with Crippen LogP contribution in [0.4, 0.5) is 0 Å². The van der Waals surface area contributed by atoms with Gasteiger partial charge in [-0.3, -0.25) is 24.4 Å². The Morgan fingerprint density at radius 3 is 2.46 bits per heavy atom. The van der Waals surface area contributed by atoms with Gasteiger partial charge in [0.1, 0.15) is 0 Å². The van der Waals surface area contributed by atoms with Gasteiger partial charge in [0.2, 0.25) is 0 Å². The van der Waals surface area contributed by atoms with Crippen molar-refractivity contribution >= 4 is 17.8 Å². The van der Waals surface area contributed by atoms with Crippen molar-refractivity contribution in [2.45, 2.75) is 31.3 Å². The lowest BCUT2D eigenvalue weighted by molar-refractivity contribution is 0.0657. The molecule has 2 aliphatic heterocycles. The Morgan fingerprint density at radius 1 is 1.15 bits per heavy atom. The van der Waals surface area contributed by atoms with Crippen molar-refractivity contribution < 1.29 is 9.59 Å². The molecule has 0 spiro atoms. The van der Waals surface area contributed by atoms with Crippen LogP contribution in [0.1, 0.15) is 40.0 Å². The van der Waals surface area contributed by atoms with Gasteiger partial charge in [-0.1, -0.05) is 12.1 Å². The fraction of sp³-hybridized carbons (Fsp3) is 0.526. The molecule has 1 saturated carbocycles. The van der Waals surface area contributed by atoms with E-state index in [4.69, 9.17) is 0 Å². The van der Waals surface area contributed by atoms with E-state index in [0.29, 0.717) is 30.3 Å². The summed E-state index contributed by atoms with van der Waals surface area (Å²) < 4.78 is 0. The normalized spacial score (nSPS) is 23.5. The third kappa shape index (κ3) is 3.31. The molecule has 4 rings (SSSR count). The topological polar surface area (TPSA) is 77.0 Å². The highest BCUT2D eigenvalue weighted by Gasteiger charge is 2.35. The number of imide groups is 1. The number of nitrogens with zero attached hydrogens (tertiary/aromatic N) is 3. The van der Waals surface area contributed by atoms with Crippen molar-refractivity contribution in [3.8, 4) is 0 Å². The van der Waals surface area contributed by atoms with Crippen LogP contribution in [0.2, 0.25) is 0 Å². The average molecular weight is 355 g/mol. The van der Waals surface area contributed by atoms with Crippen LogP contribution in [0.3, 0.4) is 0 Å². The van der Waals surface area contributed by atoms with E-state index in [9.17, 15) is 9.59 Å². The second-order valence-electron chi connectivity index (χ2n) is 7.16. The van der Waals surface area contributed by atoms with E-state index in [1.54, 1.807) is 31.3 Å². The molecule has 7 nitrogen and oxygen atoms in total. The van der Waals surface area contributed by atoms with Crippen molar-refractivity contribution in [3.63, 3.8) is 0 Å². The summed E-state index contributed by atoms with van der Waals surface area (Å²) in [5, 5.41) is 6.68.